The third kappa shape index (κ3) is 0.775. The Hall–Kier alpha value is -0.0800. The zero-order chi connectivity index (χ0) is 8.02. The van der Waals surface area contributed by atoms with E-state index < -0.39 is 0 Å². The molecule has 3 fully saturated rings. The van der Waals surface area contributed by atoms with Gasteiger partial charge in [-0.05, 0) is 31.6 Å². The van der Waals surface area contributed by atoms with Crippen LogP contribution in [0.2, 0.25) is 0 Å². The van der Waals surface area contributed by atoms with Crippen molar-refractivity contribution in [3.63, 3.8) is 0 Å². The molecule has 68 valence electrons. The maximum absolute atomic E-state index is 5.99. The van der Waals surface area contributed by atoms with E-state index in [1.54, 1.807) is 0 Å². The van der Waals surface area contributed by atoms with E-state index in [2.05, 4.69) is 0 Å². The lowest BCUT2D eigenvalue weighted by molar-refractivity contribution is -0.197. The van der Waals surface area contributed by atoms with Crippen LogP contribution in [-0.2, 0) is 9.47 Å². The van der Waals surface area contributed by atoms with Crippen LogP contribution in [0.15, 0.2) is 0 Å². The molecule has 0 amide bonds. The number of hydrogen-bond donors (Lipinski definition) is 0. The summed E-state index contributed by atoms with van der Waals surface area (Å²) in [5.41, 5.74) is 0.179. The molecule has 3 unspecified atom stereocenters. The molecular weight excluding hydrogens is 152 g/mol. The van der Waals surface area contributed by atoms with Crippen molar-refractivity contribution < 1.29 is 9.47 Å². The van der Waals surface area contributed by atoms with Crippen LogP contribution < -0.4 is 0 Å². The molecular formula is C10H16O2. The molecule has 12 heavy (non-hydrogen) atoms. The molecule has 0 bridgehead atoms. The van der Waals surface area contributed by atoms with E-state index in [1.807, 2.05) is 0 Å². The summed E-state index contributed by atoms with van der Waals surface area (Å²) in [5.74, 6) is 0.822. The summed E-state index contributed by atoms with van der Waals surface area (Å²) in [6.07, 6.45) is 7.00. The standard InChI is InChI=1S/C10H16O2/c1-2-8-3-4-9-10(8,5-1)12-7-6-11-9/h8-9H,1-7H2. The molecule has 0 aromatic rings. The van der Waals surface area contributed by atoms with Gasteiger partial charge in [0.2, 0.25) is 0 Å². The van der Waals surface area contributed by atoms with Crippen molar-refractivity contribution in [3.8, 4) is 0 Å². The van der Waals surface area contributed by atoms with Crippen molar-refractivity contribution in [2.45, 2.75) is 43.8 Å². The van der Waals surface area contributed by atoms with Gasteiger partial charge in [0.1, 0.15) is 0 Å². The SMILES string of the molecule is C1CC2CCC3OCCOC23C1. The normalized spacial score (nSPS) is 52.0. The average molecular weight is 168 g/mol. The molecule has 3 aliphatic rings. The Bertz CT molecular complexity index is 190. The molecule has 0 aromatic carbocycles. The third-order valence-corrected chi connectivity index (χ3v) is 3.91. The van der Waals surface area contributed by atoms with Gasteiger partial charge in [-0.3, -0.25) is 0 Å². The van der Waals surface area contributed by atoms with Gasteiger partial charge in [-0.1, -0.05) is 6.42 Å². The average Bonchev–Trinajstić information content (AvgIpc) is 2.59. The van der Waals surface area contributed by atoms with Gasteiger partial charge < -0.3 is 9.47 Å². The van der Waals surface area contributed by atoms with Gasteiger partial charge in [0.25, 0.3) is 0 Å². The fraction of sp³-hybridized carbons (Fsp3) is 1.00. The van der Waals surface area contributed by atoms with E-state index in [9.17, 15) is 0 Å². The Morgan fingerprint density at radius 2 is 2.08 bits per heavy atom. The second kappa shape index (κ2) is 2.46. The van der Waals surface area contributed by atoms with Gasteiger partial charge in [-0.2, -0.15) is 0 Å². The number of rotatable bonds is 0. The lowest BCUT2D eigenvalue weighted by Crippen LogP contribution is -2.48. The van der Waals surface area contributed by atoms with Crippen molar-refractivity contribution in [3.05, 3.63) is 0 Å². The Balaban J connectivity index is 1.92. The lowest BCUT2D eigenvalue weighted by Gasteiger charge is -2.39. The largest absolute Gasteiger partial charge is 0.373 e. The lowest BCUT2D eigenvalue weighted by atomic mass is 9.92. The first-order valence-electron chi connectivity index (χ1n) is 5.17. The number of hydrogen-bond acceptors (Lipinski definition) is 2. The zero-order valence-corrected chi connectivity index (χ0v) is 7.42. The molecule has 1 spiro atoms. The first-order chi connectivity index (χ1) is 5.92. The van der Waals surface area contributed by atoms with E-state index in [-0.39, 0.29) is 5.60 Å². The highest BCUT2D eigenvalue weighted by Crippen LogP contribution is 2.52. The first kappa shape index (κ1) is 7.34. The predicted molar refractivity (Wildman–Crippen MR) is 45.0 cm³/mol. The highest BCUT2D eigenvalue weighted by molar-refractivity contribution is 5.06. The summed E-state index contributed by atoms with van der Waals surface area (Å²) in [6.45, 7) is 1.64. The van der Waals surface area contributed by atoms with Crippen molar-refractivity contribution in [2.24, 2.45) is 5.92 Å². The van der Waals surface area contributed by atoms with Crippen LogP contribution in [0.3, 0.4) is 0 Å². The topological polar surface area (TPSA) is 18.5 Å². The van der Waals surface area contributed by atoms with E-state index in [0.29, 0.717) is 6.10 Å². The van der Waals surface area contributed by atoms with Gasteiger partial charge in [-0.15, -0.1) is 0 Å². The van der Waals surface area contributed by atoms with E-state index in [1.165, 1.54) is 32.1 Å². The van der Waals surface area contributed by atoms with Gasteiger partial charge in [-0.25, -0.2) is 0 Å². The van der Waals surface area contributed by atoms with Crippen LogP contribution >= 0.6 is 0 Å². The van der Waals surface area contributed by atoms with Crippen LogP contribution in [0.25, 0.3) is 0 Å². The van der Waals surface area contributed by atoms with Gasteiger partial charge in [0, 0.05) is 0 Å². The second-order valence-electron chi connectivity index (χ2n) is 4.33. The summed E-state index contributed by atoms with van der Waals surface area (Å²) in [6, 6.07) is 0. The molecule has 1 saturated heterocycles. The van der Waals surface area contributed by atoms with Crippen molar-refractivity contribution in [2.75, 3.05) is 13.2 Å². The fourth-order valence-corrected chi connectivity index (χ4v) is 3.41. The molecule has 0 aromatic heterocycles. The summed E-state index contributed by atoms with van der Waals surface area (Å²) < 4.78 is 11.8. The summed E-state index contributed by atoms with van der Waals surface area (Å²) in [5, 5.41) is 0. The van der Waals surface area contributed by atoms with Crippen LogP contribution in [0.1, 0.15) is 32.1 Å². The molecule has 1 heterocycles. The molecule has 2 saturated carbocycles. The van der Waals surface area contributed by atoms with Gasteiger partial charge in [0.15, 0.2) is 0 Å². The summed E-state index contributed by atoms with van der Waals surface area (Å²) >= 11 is 0. The van der Waals surface area contributed by atoms with Crippen molar-refractivity contribution in [1.82, 2.24) is 0 Å². The highest BCUT2D eigenvalue weighted by Gasteiger charge is 2.55. The maximum Gasteiger partial charge on any atom is 0.0971 e. The molecule has 2 nitrogen and oxygen atoms in total. The summed E-state index contributed by atoms with van der Waals surface area (Å²) in [4.78, 5) is 0. The molecule has 2 heteroatoms. The van der Waals surface area contributed by atoms with E-state index in [4.69, 9.17) is 9.47 Å². The van der Waals surface area contributed by atoms with Gasteiger partial charge in [0.05, 0.1) is 24.9 Å². The molecule has 0 N–H and O–H groups in total. The van der Waals surface area contributed by atoms with Crippen LogP contribution in [-0.4, -0.2) is 24.9 Å². The Labute approximate surface area is 73.2 Å². The molecule has 3 rings (SSSR count). The molecule has 1 aliphatic heterocycles. The second-order valence-corrected chi connectivity index (χ2v) is 4.33. The first-order valence-corrected chi connectivity index (χ1v) is 5.17. The minimum absolute atomic E-state index is 0.179. The third-order valence-electron chi connectivity index (χ3n) is 3.91. The van der Waals surface area contributed by atoms with Crippen molar-refractivity contribution in [1.29, 1.82) is 0 Å². The minimum atomic E-state index is 0.179. The summed E-state index contributed by atoms with van der Waals surface area (Å²) in [7, 11) is 0. The quantitative estimate of drug-likeness (QED) is 0.548. The smallest absolute Gasteiger partial charge is 0.0971 e. The van der Waals surface area contributed by atoms with Crippen LogP contribution in [0.4, 0.5) is 0 Å². The monoisotopic (exact) mass is 168 g/mol. The predicted octanol–water partition coefficient (Wildman–Crippen LogP) is 1.73. The van der Waals surface area contributed by atoms with Crippen molar-refractivity contribution >= 4 is 0 Å². The fourth-order valence-electron chi connectivity index (χ4n) is 3.41. The molecule has 2 aliphatic carbocycles. The van der Waals surface area contributed by atoms with E-state index >= 15 is 0 Å². The molecule has 3 atom stereocenters. The highest BCUT2D eigenvalue weighted by atomic mass is 16.6. The Morgan fingerprint density at radius 3 is 3.08 bits per heavy atom. The van der Waals surface area contributed by atoms with Gasteiger partial charge >= 0.3 is 0 Å². The zero-order valence-electron chi connectivity index (χ0n) is 7.42. The molecule has 0 radical (unpaired) electrons. The van der Waals surface area contributed by atoms with E-state index in [0.717, 1.165) is 19.1 Å². The van der Waals surface area contributed by atoms with Crippen LogP contribution in [0.5, 0.6) is 0 Å². The maximum atomic E-state index is 5.99. The Kier molecular flexibility index (Phi) is 1.50. The Morgan fingerprint density at radius 1 is 1.08 bits per heavy atom. The number of ether oxygens (including phenoxy) is 2. The minimum Gasteiger partial charge on any atom is -0.373 e. The van der Waals surface area contributed by atoms with Crippen LogP contribution in [0, 0.1) is 5.92 Å².